The highest BCUT2D eigenvalue weighted by atomic mass is 35.5. The fourth-order valence-electron chi connectivity index (χ4n) is 2.78. The third-order valence-electron chi connectivity index (χ3n) is 4.00. The Hall–Kier alpha value is -3.16. The van der Waals surface area contributed by atoms with Crippen molar-refractivity contribution >= 4 is 11.6 Å². The van der Waals surface area contributed by atoms with Crippen molar-refractivity contribution < 1.29 is 14.2 Å². The highest BCUT2D eigenvalue weighted by molar-refractivity contribution is 6.32. The average Bonchev–Trinajstić information content (AvgIpc) is 2.73. The van der Waals surface area contributed by atoms with E-state index in [4.69, 9.17) is 31.1 Å². The van der Waals surface area contributed by atoms with Gasteiger partial charge in [-0.3, -0.25) is 0 Å². The second-order valence-corrected chi connectivity index (χ2v) is 6.30. The molecule has 3 rings (SSSR count). The predicted octanol–water partition coefficient (Wildman–Crippen LogP) is 5.74. The number of nitrogens with zero attached hydrogens (tertiary/aromatic N) is 1. The Morgan fingerprint density at radius 2 is 1.57 bits per heavy atom. The number of benzene rings is 3. The Balaban J connectivity index is 1.67. The molecule has 0 N–H and O–H groups in total. The van der Waals surface area contributed by atoms with E-state index in [2.05, 4.69) is 6.07 Å². The van der Waals surface area contributed by atoms with E-state index in [9.17, 15) is 0 Å². The summed E-state index contributed by atoms with van der Waals surface area (Å²) >= 11 is 6.25. The Bertz CT molecular complexity index is 967. The number of ether oxygens (including phenoxy) is 3. The van der Waals surface area contributed by atoms with Crippen LogP contribution in [0.4, 0.5) is 0 Å². The predicted molar refractivity (Wildman–Crippen MR) is 110 cm³/mol. The van der Waals surface area contributed by atoms with Crippen molar-refractivity contribution in [3.8, 4) is 34.4 Å². The van der Waals surface area contributed by atoms with Crippen LogP contribution in [0.3, 0.4) is 0 Å². The maximum absolute atomic E-state index is 9.08. The van der Waals surface area contributed by atoms with E-state index in [1.54, 1.807) is 12.1 Å². The van der Waals surface area contributed by atoms with E-state index in [1.165, 1.54) is 0 Å². The van der Waals surface area contributed by atoms with Crippen molar-refractivity contribution in [1.29, 1.82) is 5.26 Å². The van der Waals surface area contributed by atoms with Crippen LogP contribution in [0.1, 0.15) is 12.5 Å². The molecule has 28 heavy (non-hydrogen) atoms. The lowest BCUT2D eigenvalue weighted by atomic mass is 10.1. The summed E-state index contributed by atoms with van der Waals surface area (Å²) < 4.78 is 17.3. The van der Waals surface area contributed by atoms with Crippen LogP contribution in [-0.4, -0.2) is 19.8 Å². The van der Waals surface area contributed by atoms with Gasteiger partial charge in [0.25, 0.3) is 0 Å². The number of hydrogen-bond acceptors (Lipinski definition) is 4. The Morgan fingerprint density at radius 1 is 0.857 bits per heavy atom. The zero-order valence-electron chi connectivity index (χ0n) is 15.5. The molecule has 142 valence electrons. The monoisotopic (exact) mass is 393 g/mol. The second-order valence-electron chi connectivity index (χ2n) is 5.89. The van der Waals surface area contributed by atoms with Crippen LogP contribution >= 0.6 is 11.6 Å². The summed E-state index contributed by atoms with van der Waals surface area (Å²) in [5, 5.41) is 9.42. The molecule has 0 heterocycles. The molecular weight excluding hydrogens is 374 g/mol. The summed E-state index contributed by atoms with van der Waals surface area (Å²) in [4.78, 5) is 0. The minimum atomic E-state index is 0.287. The minimum absolute atomic E-state index is 0.287. The summed E-state index contributed by atoms with van der Waals surface area (Å²) in [5.74, 6) is 1.66. The van der Waals surface area contributed by atoms with Gasteiger partial charge in [-0.15, -0.1) is 0 Å². The van der Waals surface area contributed by atoms with Gasteiger partial charge in [-0.05, 0) is 24.6 Å². The normalized spacial score (nSPS) is 10.2. The summed E-state index contributed by atoms with van der Waals surface area (Å²) in [5.41, 5.74) is 2.54. The van der Waals surface area contributed by atoms with Crippen LogP contribution < -0.4 is 14.2 Å². The molecular formula is C23H20ClNO3. The van der Waals surface area contributed by atoms with Crippen LogP contribution in [0.15, 0.2) is 66.7 Å². The van der Waals surface area contributed by atoms with E-state index in [0.29, 0.717) is 35.3 Å². The molecule has 4 nitrogen and oxygen atoms in total. The summed E-state index contributed by atoms with van der Waals surface area (Å²) in [7, 11) is 0. The maximum Gasteiger partial charge on any atom is 0.179 e. The Labute approximate surface area is 169 Å². The van der Waals surface area contributed by atoms with Crippen LogP contribution in [0.25, 0.3) is 11.1 Å². The first kappa shape index (κ1) is 19.6. The average molecular weight is 394 g/mol. The van der Waals surface area contributed by atoms with Gasteiger partial charge in [-0.1, -0.05) is 60.1 Å². The van der Waals surface area contributed by atoms with Crippen molar-refractivity contribution in [3.05, 3.63) is 77.3 Å². The molecule has 0 radical (unpaired) electrons. The molecule has 0 aliphatic rings. The van der Waals surface area contributed by atoms with Crippen LogP contribution in [0.5, 0.6) is 17.2 Å². The van der Waals surface area contributed by atoms with Gasteiger partial charge in [0.05, 0.1) is 23.3 Å². The lowest BCUT2D eigenvalue weighted by Gasteiger charge is -2.15. The molecule has 0 atom stereocenters. The molecule has 0 saturated heterocycles. The standard InChI is InChI=1S/C23H20ClNO3/c1-2-26-22-15-17(16-25)14-20(24)23(22)28-13-12-27-21-11-7-6-10-19(21)18-8-4-3-5-9-18/h3-11,14-15H,2,12-13H2,1H3. The topological polar surface area (TPSA) is 51.5 Å². The van der Waals surface area contributed by atoms with Gasteiger partial charge >= 0.3 is 0 Å². The number of halogens is 1. The van der Waals surface area contributed by atoms with E-state index in [1.807, 2.05) is 61.5 Å². The Kier molecular flexibility index (Phi) is 6.78. The molecule has 0 aromatic heterocycles. The van der Waals surface area contributed by atoms with Crippen LogP contribution in [0, 0.1) is 11.3 Å². The second kappa shape index (κ2) is 9.68. The van der Waals surface area contributed by atoms with Gasteiger partial charge in [-0.2, -0.15) is 5.26 Å². The summed E-state index contributed by atoms with van der Waals surface area (Å²) in [6.45, 7) is 2.93. The lowest BCUT2D eigenvalue weighted by Crippen LogP contribution is -2.10. The Morgan fingerprint density at radius 3 is 2.32 bits per heavy atom. The third kappa shape index (κ3) is 4.76. The highest BCUT2D eigenvalue weighted by Gasteiger charge is 2.13. The number of rotatable bonds is 8. The fraction of sp³-hybridized carbons (Fsp3) is 0.174. The highest BCUT2D eigenvalue weighted by Crippen LogP contribution is 2.36. The van der Waals surface area contributed by atoms with Crippen LogP contribution in [-0.2, 0) is 0 Å². The maximum atomic E-state index is 9.08. The molecule has 3 aromatic rings. The number of hydrogen-bond donors (Lipinski definition) is 0. The summed E-state index contributed by atoms with van der Waals surface area (Å²) in [6, 6.07) is 23.2. The third-order valence-corrected chi connectivity index (χ3v) is 4.28. The molecule has 0 unspecified atom stereocenters. The fourth-order valence-corrected chi connectivity index (χ4v) is 3.04. The van der Waals surface area contributed by atoms with E-state index in [0.717, 1.165) is 16.9 Å². The first-order valence-corrected chi connectivity index (χ1v) is 9.37. The molecule has 5 heteroatoms. The van der Waals surface area contributed by atoms with Gasteiger partial charge in [0.2, 0.25) is 0 Å². The van der Waals surface area contributed by atoms with E-state index >= 15 is 0 Å². The van der Waals surface area contributed by atoms with Gasteiger partial charge in [-0.25, -0.2) is 0 Å². The zero-order chi connectivity index (χ0) is 19.8. The van der Waals surface area contributed by atoms with Crippen molar-refractivity contribution in [3.63, 3.8) is 0 Å². The van der Waals surface area contributed by atoms with Gasteiger partial charge in [0.1, 0.15) is 19.0 Å². The first-order valence-electron chi connectivity index (χ1n) is 8.99. The molecule has 0 spiro atoms. The SMILES string of the molecule is CCOc1cc(C#N)cc(Cl)c1OCCOc1ccccc1-c1ccccc1. The minimum Gasteiger partial charge on any atom is -0.490 e. The molecule has 0 fully saturated rings. The quantitative estimate of drug-likeness (QED) is 0.458. The zero-order valence-corrected chi connectivity index (χ0v) is 16.3. The first-order chi connectivity index (χ1) is 13.7. The molecule has 3 aromatic carbocycles. The molecule has 0 saturated carbocycles. The van der Waals surface area contributed by atoms with Gasteiger partial charge in [0, 0.05) is 11.6 Å². The number of para-hydroxylation sites is 1. The van der Waals surface area contributed by atoms with Gasteiger partial charge in [0.15, 0.2) is 11.5 Å². The molecule has 0 amide bonds. The smallest absolute Gasteiger partial charge is 0.179 e. The lowest BCUT2D eigenvalue weighted by molar-refractivity contribution is 0.209. The van der Waals surface area contributed by atoms with E-state index < -0.39 is 0 Å². The van der Waals surface area contributed by atoms with Crippen molar-refractivity contribution in [1.82, 2.24) is 0 Å². The van der Waals surface area contributed by atoms with Crippen molar-refractivity contribution in [2.45, 2.75) is 6.92 Å². The van der Waals surface area contributed by atoms with Gasteiger partial charge < -0.3 is 14.2 Å². The number of nitriles is 1. The van der Waals surface area contributed by atoms with Crippen molar-refractivity contribution in [2.24, 2.45) is 0 Å². The van der Waals surface area contributed by atoms with E-state index in [-0.39, 0.29) is 6.61 Å². The molecule has 0 aliphatic carbocycles. The van der Waals surface area contributed by atoms with Crippen LogP contribution in [0.2, 0.25) is 5.02 Å². The molecule has 0 bridgehead atoms. The molecule has 0 aliphatic heterocycles. The largest absolute Gasteiger partial charge is 0.490 e. The van der Waals surface area contributed by atoms with Crippen molar-refractivity contribution in [2.75, 3.05) is 19.8 Å². The summed E-state index contributed by atoms with van der Waals surface area (Å²) in [6.07, 6.45) is 0.